The Kier molecular flexibility index (Phi) is 11.1. The summed E-state index contributed by atoms with van der Waals surface area (Å²) >= 11 is 0. The first-order valence-corrected chi connectivity index (χ1v) is 18.3. The van der Waals surface area contributed by atoms with Gasteiger partial charge in [-0.15, -0.1) is 0 Å². The van der Waals surface area contributed by atoms with Crippen molar-refractivity contribution in [2.45, 2.75) is 79.1 Å². The zero-order valence-corrected chi connectivity index (χ0v) is 29.9. The molecule has 0 spiro atoms. The number of benzene rings is 1. The Morgan fingerprint density at radius 1 is 1.12 bits per heavy atom. The number of allylic oxidation sites excluding steroid dienone is 7. The van der Waals surface area contributed by atoms with Crippen LogP contribution in [0.4, 0.5) is 11.6 Å². The number of rotatable bonds is 15. The van der Waals surface area contributed by atoms with E-state index in [1.54, 1.807) is 18.5 Å². The molecule has 259 valence electrons. The number of hydrogen-bond donors (Lipinski definition) is 1. The predicted octanol–water partition coefficient (Wildman–Crippen LogP) is 9.94. The van der Waals surface area contributed by atoms with Crippen LogP contribution < -0.4 is 15.6 Å². The highest BCUT2D eigenvalue weighted by molar-refractivity contribution is 6.17. The number of Topliss-reactive ketones (excluding diaryl/α,β-unsaturated/α-hetero) is 1. The van der Waals surface area contributed by atoms with E-state index in [2.05, 4.69) is 54.2 Å². The number of pyridine rings is 1. The minimum absolute atomic E-state index is 0.0217. The zero-order chi connectivity index (χ0) is 35.2. The molecule has 3 aliphatic rings. The molecule has 3 aliphatic carbocycles. The van der Waals surface area contributed by atoms with Gasteiger partial charge in [0, 0.05) is 48.8 Å². The molecular formula is C43H49N4O3. The van der Waals surface area contributed by atoms with Gasteiger partial charge in [0.15, 0.2) is 17.1 Å². The van der Waals surface area contributed by atoms with Gasteiger partial charge in [-0.2, -0.15) is 0 Å². The summed E-state index contributed by atoms with van der Waals surface area (Å²) in [4.78, 5) is 38.1. The van der Waals surface area contributed by atoms with Crippen molar-refractivity contribution in [3.8, 4) is 11.1 Å². The summed E-state index contributed by atoms with van der Waals surface area (Å²) in [5.74, 6) is 1.87. The molecule has 0 amide bonds. The maximum atomic E-state index is 13.5. The van der Waals surface area contributed by atoms with Gasteiger partial charge in [0.1, 0.15) is 11.4 Å². The van der Waals surface area contributed by atoms with Crippen LogP contribution in [-0.4, -0.2) is 29.6 Å². The molecule has 0 aliphatic heterocycles. The molecule has 1 aromatic carbocycles. The first-order valence-electron chi connectivity index (χ1n) is 18.3. The number of aliphatic imine (C=N–C) groups is 1. The average Bonchev–Trinajstić information content (AvgIpc) is 3.81. The molecule has 1 atom stereocenters. The molecule has 7 nitrogen and oxygen atoms in total. The highest BCUT2D eigenvalue weighted by Crippen LogP contribution is 2.36. The SMILES string of the molecule is C=C(/N=C1/C=C(CC2CCCC2)C(C(=O)C(C)CC)=C/C1=C/C)Nc1cncc(-c2ccc3c(=O)cc(N(CCC)CCC4=C[CH]4)oc3c2)c1. The minimum atomic E-state index is -0.0510. The second-order valence-electron chi connectivity index (χ2n) is 13.8. The molecule has 0 bridgehead atoms. The maximum absolute atomic E-state index is 13.5. The fourth-order valence-electron chi connectivity index (χ4n) is 6.93. The second-order valence-corrected chi connectivity index (χ2v) is 13.8. The molecule has 50 heavy (non-hydrogen) atoms. The number of nitrogens with zero attached hydrogens (tertiary/aromatic N) is 3. The zero-order valence-electron chi connectivity index (χ0n) is 29.9. The summed E-state index contributed by atoms with van der Waals surface area (Å²) in [5, 5.41) is 3.88. The maximum Gasteiger partial charge on any atom is 0.199 e. The van der Waals surface area contributed by atoms with Gasteiger partial charge in [-0.3, -0.25) is 14.6 Å². The summed E-state index contributed by atoms with van der Waals surface area (Å²) in [7, 11) is 0. The van der Waals surface area contributed by atoms with Crippen molar-refractivity contribution in [2.24, 2.45) is 16.8 Å². The van der Waals surface area contributed by atoms with E-state index in [1.807, 2.05) is 50.3 Å². The van der Waals surface area contributed by atoms with Crippen molar-refractivity contribution in [1.82, 2.24) is 4.98 Å². The third kappa shape index (κ3) is 8.32. The number of carbonyl (C=O) groups excluding carboxylic acids is 1. The predicted molar refractivity (Wildman–Crippen MR) is 206 cm³/mol. The molecule has 6 rings (SSSR count). The van der Waals surface area contributed by atoms with Crippen LogP contribution in [0.1, 0.15) is 79.1 Å². The van der Waals surface area contributed by atoms with Crippen molar-refractivity contribution >= 4 is 34.0 Å². The number of carbonyl (C=O) groups is 1. The van der Waals surface area contributed by atoms with E-state index in [0.29, 0.717) is 28.6 Å². The van der Waals surface area contributed by atoms with Crippen molar-refractivity contribution in [3.63, 3.8) is 0 Å². The first-order chi connectivity index (χ1) is 24.3. The quantitative estimate of drug-likeness (QED) is 0.173. The van der Waals surface area contributed by atoms with Gasteiger partial charge in [0.25, 0.3) is 0 Å². The lowest BCUT2D eigenvalue weighted by atomic mass is 9.81. The van der Waals surface area contributed by atoms with Crippen LogP contribution in [0.3, 0.4) is 0 Å². The molecule has 0 saturated heterocycles. The van der Waals surface area contributed by atoms with E-state index in [0.717, 1.165) is 78.0 Å². The van der Waals surface area contributed by atoms with Gasteiger partial charge < -0.3 is 14.6 Å². The Bertz CT molecular complexity index is 1990. The lowest BCUT2D eigenvalue weighted by Crippen LogP contribution is -2.26. The molecule has 1 saturated carbocycles. The van der Waals surface area contributed by atoms with Gasteiger partial charge >= 0.3 is 0 Å². The normalized spacial score (nSPS) is 18.2. The molecule has 7 heteroatoms. The van der Waals surface area contributed by atoms with E-state index in [1.165, 1.54) is 31.3 Å². The van der Waals surface area contributed by atoms with Crippen molar-refractivity contribution in [2.75, 3.05) is 23.3 Å². The van der Waals surface area contributed by atoms with Gasteiger partial charge in [0.2, 0.25) is 0 Å². The highest BCUT2D eigenvalue weighted by Gasteiger charge is 2.27. The van der Waals surface area contributed by atoms with Crippen LogP contribution in [0.5, 0.6) is 0 Å². The van der Waals surface area contributed by atoms with Crippen LogP contribution >= 0.6 is 0 Å². The van der Waals surface area contributed by atoms with Crippen LogP contribution in [0, 0.1) is 18.3 Å². The fourth-order valence-corrected chi connectivity index (χ4v) is 6.93. The Balaban J connectivity index is 1.23. The minimum Gasteiger partial charge on any atom is -0.440 e. The van der Waals surface area contributed by atoms with Crippen LogP contribution in [0.2, 0.25) is 0 Å². The van der Waals surface area contributed by atoms with Crippen molar-refractivity contribution < 1.29 is 9.21 Å². The number of hydrogen-bond acceptors (Lipinski definition) is 7. The number of aromatic nitrogens is 1. The van der Waals surface area contributed by atoms with Crippen molar-refractivity contribution in [1.29, 1.82) is 0 Å². The Morgan fingerprint density at radius 2 is 1.92 bits per heavy atom. The third-order valence-corrected chi connectivity index (χ3v) is 10.1. The molecule has 1 N–H and O–H groups in total. The molecule has 3 aromatic rings. The van der Waals surface area contributed by atoms with Gasteiger partial charge in [0.05, 0.1) is 23.0 Å². The molecule has 1 unspecified atom stereocenters. The first kappa shape index (κ1) is 35.1. The Morgan fingerprint density at radius 3 is 2.64 bits per heavy atom. The highest BCUT2D eigenvalue weighted by atomic mass is 16.4. The van der Waals surface area contributed by atoms with Gasteiger partial charge in [-0.1, -0.05) is 76.8 Å². The number of ketones is 1. The van der Waals surface area contributed by atoms with E-state index >= 15 is 0 Å². The van der Waals surface area contributed by atoms with E-state index in [-0.39, 0.29) is 17.1 Å². The third-order valence-electron chi connectivity index (χ3n) is 10.1. The van der Waals surface area contributed by atoms with Crippen LogP contribution in [0.25, 0.3) is 22.1 Å². The average molecular weight is 670 g/mol. The van der Waals surface area contributed by atoms with Gasteiger partial charge in [-0.05, 0) is 85.6 Å². The largest absolute Gasteiger partial charge is 0.440 e. The molecule has 2 aromatic heterocycles. The lowest BCUT2D eigenvalue weighted by Gasteiger charge is -2.23. The van der Waals surface area contributed by atoms with Crippen molar-refractivity contribution in [3.05, 3.63) is 118 Å². The molecule has 1 fully saturated rings. The monoisotopic (exact) mass is 669 g/mol. The fraction of sp³-hybridized carbons (Fsp3) is 0.372. The number of fused-ring (bicyclic) bond motifs is 1. The van der Waals surface area contributed by atoms with E-state index in [9.17, 15) is 9.59 Å². The second kappa shape index (κ2) is 15.8. The van der Waals surface area contributed by atoms with E-state index < -0.39 is 0 Å². The van der Waals surface area contributed by atoms with Gasteiger partial charge in [-0.25, -0.2) is 4.99 Å². The summed E-state index contributed by atoms with van der Waals surface area (Å²) < 4.78 is 6.36. The van der Waals surface area contributed by atoms with Crippen LogP contribution in [-0.2, 0) is 4.79 Å². The standard InChI is InChI=1S/C43H49N4O3/c1-6-18-47(19-17-30-13-14-30)42-25-40(48)37-16-15-33(24-41(37)50-42)35-21-36(27-44-26-35)45-29(5)46-39-23-34(20-31-11-9-10-12-31)38(22-32(39)8-3)43(49)28(4)7-2/h8,13-16,21-28,31,45H,5-7,9-12,17-20H2,1-4H3/b32-8-,46-39-. The van der Waals surface area contributed by atoms with E-state index in [4.69, 9.17) is 9.41 Å². The summed E-state index contributed by atoms with van der Waals surface area (Å²) in [6.07, 6.45) is 22.5. The number of anilines is 2. The summed E-state index contributed by atoms with van der Waals surface area (Å²) in [6.45, 7) is 14.0. The molecule has 1 radical (unpaired) electrons. The number of nitrogens with one attached hydrogen (secondary N) is 1. The topological polar surface area (TPSA) is 87.8 Å². The molecule has 2 heterocycles. The van der Waals surface area contributed by atoms with Crippen LogP contribution in [0.15, 0.2) is 116 Å². The lowest BCUT2D eigenvalue weighted by molar-refractivity contribution is -0.118. The smallest absolute Gasteiger partial charge is 0.199 e. The summed E-state index contributed by atoms with van der Waals surface area (Å²) in [6, 6.07) is 9.27. The Labute approximate surface area is 296 Å². The summed E-state index contributed by atoms with van der Waals surface area (Å²) in [5.41, 5.74) is 7.97. The Hall–Kier alpha value is -4.78. The molecular weight excluding hydrogens is 620 g/mol.